The first-order valence-corrected chi connectivity index (χ1v) is 2.71. The molecule has 0 spiro atoms. The Bertz CT molecular complexity index is 169. The second-order valence-corrected chi connectivity index (χ2v) is 1.78. The van der Waals surface area contributed by atoms with Gasteiger partial charge in [0, 0.05) is 0 Å². The quantitative estimate of drug-likeness (QED) is 0.121. The first kappa shape index (κ1) is 8.72. The van der Waals surface area contributed by atoms with Crippen LogP contribution in [0.4, 0.5) is 0 Å². The molecule has 0 N–H and O–H groups in total. The molecule has 0 rings (SSSR count). The SMILES string of the molecule is COC(=O)C=[N+]=[C-]N(C)C. The highest BCUT2D eigenvalue weighted by Crippen LogP contribution is 1.60. The van der Waals surface area contributed by atoms with Gasteiger partial charge in [-0.2, -0.15) is 0 Å². The number of methoxy groups -OCH3 is 1. The Kier molecular flexibility index (Phi) is 4.00. The first-order valence-electron chi connectivity index (χ1n) is 2.71. The fourth-order valence-electron chi connectivity index (χ4n) is 0.250. The zero-order valence-electron chi connectivity index (χ0n) is 6.29. The van der Waals surface area contributed by atoms with Crippen molar-refractivity contribution >= 4 is 18.5 Å². The second-order valence-electron chi connectivity index (χ2n) is 1.78. The van der Waals surface area contributed by atoms with Gasteiger partial charge < -0.3 is 14.3 Å². The molecule has 0 saturated heterocycles. The van der Waals surface area contributed by atoms with Gasteiger partial charge in [-0.15, -0.1) is 0 Å². The summed E-state index contributed by atoms with van der Waals surface area (Å²) in [5.41, 5.74) is 0. The Balaban J connectivity index is 3.85. The molecule has 0 unspecified atom stereocenters. The van der Waals surface area contributed by atoms with Gasteiger partial charge in [0.05, 0.1) is 21.2 Å². The maximum atomic E-state index is 10.4. The maximum absolute atomic E-state index is 10.4. The van der Waals surface area contributed by atoms with E-state index in [1.54, 1.807) is 19.0 Å². The number of ether oxygens (including phenoxy) is 1. The van der Waals surface area contributed by atoms with E-state index in [4.69, 9.17) is 0 Å². The minimum absolute atomic E-state index is 0.477. The Morgan fingerprint density at radius 3 is 2.70 bits per heavy atom. The Morgan fingerprint density at radius 1 is 1.70 bits per heavy atom. The summed E-state index contributed by atoms with van der Waals surface area (Å²) < 4.78 is 7.80. The largest absolute Gasteiger partial charge is 0.476 e. The minimum Gasteiger partial charge on any atom is -0.476 e. The fraction of sp³-hybridized carbons (Fsp3) is 0.500. The third-order valence-electron chi connectivity index (χ3n) is 0.629. The van der Waals surface area contributed by atoms with Gasteiger partial charge in [-0.1, -0.05) is 0 Å². The van der Waals surface area contributed by atoms with E-state index in [-0.39, 0.29) is 0 Å². The number of esters is 1. The monoisotopic (exact) mass is 142 g/mol. The summed E-state index contributed by atoms with van der Waals surface area (Å²) in [7, 11) is 4.81. The van der Waals surface area contributed by atoms with Gasteiger partial charge in [0.25, 0.3) is 0 Å². The molecule has 0 aliphatic heterocycles. The molecule has 0 bridgehead atoms. The number of carbonyl (C=O) groups excluding carboxylic acids is 1. The van der Waals surface area contributed by atoms with Crippen LogP contribution in [-0.2, 0) is 9.53 Å². The molecule has 0 amide bonds. The third-order valence-corrected chi connectivity index (χ3v) is 0.629. The molecule has 0 aliphatic carbocycles. The lowest BCUT2D eigenvalue weighted by molar-refractivity contribution is -0.132. The highest BCUT2D eigenvalue weighted by atomic mass is 16.5. The average Bonchev–Trinajstić information content (AvgIpc) is 1.87. The third kappa shape index (κ3) is 4.87. The number of hydrogen-bond donors (Lipinski definition) is 0. The normalized spacial score (nSPS) is 7.50. The van der Waals surface area contributed by atoms with Gasteiger partial charge in [0.15, 0.2) is 0 Å². The number of nitrogens with zero attached hydrogens (tertiary/aromatic N) is 2. The second kappa shape index (κ2) is 4.58. The van der Waals surface area contributed by atoms with Gasteiger partial charge in [-0.25, -0.2) is 0 Å². The molecule has 56 valence electrons. The molecule has 0 aromatic rings. The van der Waals surface area contributed by atoms with Gasteiger partial charge in [-0.05, 0) is 0 Å². The summed E-state index contributed by atoms with van der Waals surface area (Å²) in [6.45, 7) is 0. The van der Waals surface area contributed by atoms with E-state index in [1.165, 1.54) is 7.11 Å². The van der Waals surface area contributed by atoms with Crippen LogP contribution < -0.4 is 4.67 Å². The highest BCUT2D eigenvalue weighted by Gasteiger charge is 1.84. The summed E-state index contributed by atoms with van der Waals surface area (Å²) in [6, 6.07) is 0. The zero-order chi connectivity index (χ0) is 7.98. The van der Waals surface area contributed by atoms with E-state index in [0.717, 1.165) is 6.21 Å². The van der Waals surface area contributed by atoms with Crippen LogP contribution in [0.15, 0.2) is 0 Å². The van der Waals surface area contributed by atoms with Crippen LogP contribution in [0.5, 0.6) is 0 Å². The van der Waals surface area contributed by atoms with Crippen LogP contribution in [0.1, 0.15) is 0 Å². The van der Waals surface area contributed by atoms with Gasteiger partial charge in [0.2, 0.25) is 6.34 Å². The summed E-state index contributed by atoms with van der Waals surface area (Å²) in [5, 5.41) is 0. The van der Waals surface area contributed by atoms with Crippen molar-refractivity contribution < 1.29 is 9.53 Å². The molecule has 0 fully saturated rings. The molecule has 0 aromatic carbocycles. The van der Waals surface area contributed by atoms with Crippen LogP contribution in [0.2, 0.25) is 0 Å². The van der Waals surface area contributed by atoms with Crippen molar-refractivity contribution in [1.29, 1.82) is 0 Å². The molecule has 0 radical (unpaired) electrons. The van der Waals surface area contributed by atoms with Crippen molar-refractivity contribution in [3.63, 3.8) is 0 Å². The molecular weight excluding hydrogens is 132 g/mol. The molecular formula is C6H10N2O2. The van der Waals surface area contributed by atoms with E-state index in [0.29, 0.717) is 0 Å². The molecule has 4 heteroatoms. The van der Waals surface area contributed by atoms with Crippen molar-refractivity contribution in [2.45, 2.75) is 0 Å². The van der Waals surface area contributed by atoms with Crippen LogP contribution in [-0.4, -0.2) is 44.6 Å². The lowest BCUT2D eigenvalue weighted by atomic mass is 10.8. The standard InChI is InChI=1S/C6H10N2O2/c1-8(2)5-7-4-6(9)10-3/h4H,1-3H3. The number of rotatable bonds is 2. The van der Waals surface area contributed by atoms with Crippen molar-refractivity contribution in [1.82, 2.24) is 9.57 Å². The molecule has 0 heterocycles. The molecule has 0 aromatic heterocycles. The van der Waals surface area contributed by atoms with E-state index in [1.807, 2.05) is 0 Å². The predicted molar refractivity (Wildman–Crippen MR) is 38.9 cm³/mol. The van der Waals surface area contributed by atoms with Crippen molar-refractivity contribution in [2.75, 3.05) is 21.2 Å². The molecule has 10 heavy (non-hydrogen) atoms. The zero-order valence-corrected chi connectivity index (χ0v) is 6.29. The van der Waals surface area contributed by atoms with E-state index in [9.17, 15) is 4.79 Å². The van der Waals surface area contributed by atoms with Crippen LogP contribution in [0, 0.1) is 0 Å². The summed E-state index contributed by atoms with van der Waals surface area (Å²) in [4.78, 5) is 12.0. The molecule has 0 aliphatic rings. The lowest BCUT2D eigenvalue weighted by Gasteiger charge is -1.94. The maximum Gasteiger partial charge on any atom is 0.301 e. The smallest absolute Gasteiger partial charge is 0.301 e. The van der Waals surface area contributed by atoms with Gasteiger partial charge in [0.1, 0.15) is 6.21 Å². The van der Waals surface area contributed by atoms with E-state index in [2.05, 4.69) is 15.7 Å². The Morgan fingerprint density at radius 2 is 2.30 bits per heavy atom. The fourth-order valence-corrected chi connectivity index (χ4v) is 0.250. The van der Waals surface area contributed by atoms with Crippen LogP contribution in [0.3, 0.4) is 0 Å². The molecule has 0 atom stereocenters. The van der Waals surface area contributed by atoms with E-state index < -0.39 is 5.97 Å². The average molecular weight is 142 g/mol. The lowest BCUT2D eigenvalue weighted by Crippen LogP contribution is -2.12. The van der Waals surface area contributed by atoms with Crippen LogP contribution in [0.25, 0.3) is 0 Å². The highest BCUT2D eigenvalue weighted by molar-refractivity contribution is 6.22. The van der Waals surface area contributed by atoms with Crippen molar-refractivity contribution in [3.05, 3.63) is 0 Å². The Labute approximate surface area is 59.8 Å². The summed E-state index contributed by atoms with van der Waals surface area (Å²) in [5.74, 6) is -0.477. The minimum atomic E-state index is -0.477. The van der Waals surface area contributed by atoms with Gasteiger partial charge in [-0.3, -0.25) is 4.79 Å². The summed E-state index contributed by atoms with van der Waals surface area (Å²) in [6.07, 6.45) is 3.57. The van der Waals surface area contributed by atoms with Crippen LogP contribution >= 0.6 is 0 Å². The first-order chi connectivity index (χ1) is 4.66. The number of carbonyl (C=O) groups is 1. The van der Waals surface area contributed by atoms with Gasteiger partial charge >= 0.3 is 5.97 Å². The predicted octanol–water partition coefficient (Wildman–Crippen LogP) is -1.24. The van der Waals surface area contributed by atoms with E-state index >= 15 is 0 Å². The van der Waals surface area contributed by atoms with Crippen molar-refractivity contribution in [2.24, 2.45) is 0 Å². The number of hydrogen-bond acceptors (Lipinski definition) is 2. The van der Waals surface area contributed by atoms with Crippen molar-refractivity contribution in [3.8, 4) is 0 Å². The molecule has 4 nitrogen and oxygen atoms in total. The molecule has 0 saturated carbocycles. The topological polar surface area (TPSA) is 43.6 Å². The Hall–Kier alpha value is -1.28. The summed E-state index contributed by atoms with van der Waals surface area (Å²) >= 11 is 0.